The third-order valence-corrected chi connectivity index (χ3v) is 5.22. The van der Waals surface area contributed by atoms with E-state index in [9.17, 15) is 9.59 Å². The van der Waals surface area contributed by atoms with Crippen LogP contribution < -0.4 is 0 Å². The highest BCUT2D eigenvalue weighted by atomic mass is 79.9. The van der Waals surface area contributed by atoms with Crippen molar-refractivity contribution < 1.29 is 9.59 Å². The monoisotopic (exact) mass is 407 g/mol. The summed E-state index contributed by atoms with van der Waals surface area (Å²) in [6.07, 6.45) is 1.69. The van der Waals surface area contributed by atoms with Crippen LogP contribution in [0, 0.1) is 0 Å². The van der Waals surface area contributed by atoms with Gasteiger partial charge in [-0.1, -0.05) is 57.9 Å². The van der Waals surface area contributed by atoms with Gasteiger partial charge in [-0.2, -0.15) is 0 Å². The number of benzene rings is 2. The van der Waals surface area contributed by atoms with Crippen molar-refractivity contribution in [2.24, 2.45) is 0 Å². The molecule has 0 unspecified atom stereocenters. The number of hydrogen-bond acceptors (Lipinski definition) is 3. The molecule has 0 radical (unpaired) electrons. The second-order valence-electron chi connectivity index (χ2n) is 4.91. The standard InChI is InChI=1S/C17H11BrClNO2S/c18-14-7-2-1-5-12(14)10-20-16(21)15(23-17(20)22)9-11-4-3-6-13(19)8-11/h1-9H,10H2/b15-9+. The number of carbonyl (C=O) groups excluding carboxylic acids is 2. The third-order valence-electron chi connectivity index (χ3n) is 3.31. The lowest BCUT2D eigenvalue weighted by Gasteiger charge is -2.13. The van der Waals surface area contributed by atoms with Crippen molar-refractivity contribution in [3.8, 4) is 0 Å². The van der Waals surface area contributed by atoms with Gasteiger partial charge in [0.1, 0.15) is 0 Å². The number of thioether (sulfide) groups is 1. The van der Waals surface area contributed by atoms with Crippen molar-refractivity contribution >= 4 is 56.5 Å². The molecule has 1 aliphatic rings. The number of amides is 2. The van der Waals surface area contributed by atoms with Crippen LogP contribution in [0.5, 0.6) is 0 Å². The van der Waals surface area contributed by atoms with Crippen LogP contribution in [0.1, 0.15) is 11.1 Å². The fourth-order valence-electron chi connectivity index (χ4n) is 2.18. The van der Waals surface area contributed by atoms with Gasteiger partial charge < -0.3 is 0 Å². The summed E-state index contributed by atoms with van der Waals surface area (Å²) in [5, 5.41) is 0.324. The van der Waals surface area contributed by atoms with Crippen molar-refractivity contribution in [1.82, 2.24) is 4.90 Å². The van der Waals surface area contributed by atoms with Crippen LogP contribution in [-0.4, -0.2) is 16.0 Å². The average Bonchev–Trinajstić information content (AvgIpc) is 2.77. The molecule has 3 rings (SSSR count). The van der Waals surface area contributed by atoms with E-state index in [0.717, 1.165) is 27.4 Å². The molecular weight excluding hydrogens is 398 g/mol. The molecule has 2 amide bonds. The first-order valence-electron chi connectivity index (χ1n) is 6.79. The Morgan fingerprint density at radius 1 is 1.13 bits per heavy atom. The van der Waals surface area contributed by atoms with Crippen LogP contribution in [0.2, 0.25) is 5.02 Å². The first-order valence-corrected chi connectivity index (χ1v) is 8.77. The van der Waals surface area contributed by atoms with Gasteiger partial charge in [-0.25, -0.2) is 0 Å². The molecule has 0 spiro atoms. The summed E-state index contributed by atoms with van der Waals surface area (Å²) in [6, 6.07) is 14.7. The van der Waals surface area contributed by atoms with Crippen molar-refractivity contribution in [2.45, 2.75) is 6.54 Å². The third kappa shape index (κ3) is 3.68. The zero-order valence-electron chi connectivity index (χ0n) is 11.8. The fourth-order valence-corrected chi connectivity index (χ4v) is 3.63. The molecule has 0 atom stereocenters. The van der Waals surface area contributed by atoms with E-state index in [-0.39, 0.29) is 17.7 Å². The van der Waals surface area contributed by atoms with Crippen molar-refractivity contribution in [1.29, 1.82) is 0 Å². The van der Waals surface area contributed by atoms with Gasteiger partial charge in [0.25, 0.3) is 11.1 Å². The van der Waals surface area contributed by atoms with Gasteiger partial charge in [0.05, 0.1) is 11.4 Å². The van der Waals surface area contributed by atoms with E-state index in [2.05, 4.69) is 15.9 Å². The van der Waals surface area contributed by atoms with Gasteiger partial charge in [0.2, 0.25) is 0 Å². The molecule has 2 aromatic rings. The summed E-state index contributed by atoms with van der Waals surface area (Å²) in [5.41, 5.74) is 1.68. The minimum atomic E-state index is -0.282. The number of nitrogens with zero attached hydrogens (tertiary/aromatic N) is 1. The Hall–Kier alpha value is -1.56. The number of hydrogen-bond donors (Lipinski definition) is 0. The molecule has 116 valence electrons. The summed E-state index contributed by atoms with van der Waals surface area (Å²) in [6.45, 7) is 0.249. The fraction of sp³-hybridized carbons (Fsp3) is 0.0588. The molecule has 2 aromatic carbocycles. The molecule has 1 saturated heterocycles. The van der Waals surface area contributed by atoms with Crippen LogP contribution in [0.25, 0.3) is 6.08 Å². The maximum Gasteiger partial charge on any atom is 0.293 e. The molecule has 0 N–H and O–H groups in total. The van der Waals surface area contributed by atoms with E-state index in [4.69, 9.17) is 11.6 Å². The van der Waals surface area contributed by atoms with Crippen molar-refractivity contribution in [3.63, 3.8) is 0 Å². The lowest BCUT2D eigenvalue weighted by Crippen LogP contribution is -2.27. The van der Waals surface area contributed by atoms with E-state index < -0.39 is 0 Å². The van der Waals surface area contributed by atoms with Crippen molar-refractivity contribution in [3.05, 3.63) is 74.1 Å². The van der Waals surface area contributed by atoms with E-state index in [0.29, 0.717) is 9.93 Å². The predicted octanol–water partition coefficient (Wildman–Crippen LogP) is 5.34. The van der Waals surface area contributed by atoms with Crippen LogP contribution in [0.15, 0.2) is 57.9 Å². The Balaban J connectivity index is 1.84. The zero-order valence-corrected chi connectivity index (χ0v) is 15.0. The molecule has 6 heteroatoms. The summed E-state index contributed by atoms with van der Waals surface area (Å²) >= 11 is 10.3. The maximum atomic E-state index is 12.5. The normalized spacial score (nSPS) is 16.4. The molecule has 0 aromatic heterocycles. The molecular formula is C17H11BrClNO2S. The summed E-state index contributed by atoms with van der Waals surface area (Å²) in [5.74, 6) is -0.282. The van der Waals surface area contributed by atoms with Gasteiger partial charge in [0.15, 0.2) is 0 Å². The second-order valence-corrected chi connectivity index (χ2v) is 7.20. The van der Waals surface area contributed by atoms with Gasteiger partial charge in [-0.05, 0) is 47.2 Å². The van der Waals surface area contributed by atoms with E-state index in [1.165, 1.54) is 4.90 Å². The summed E-state index contributed by atoms with van der Waals surface area (Å²) in [7, 11) is 0. The Morgan fingerprint density at radius 2 is 1.91 bits per heavy atom. The number of rotatable bonds is 3. The zero-order chi connectivity index (χ0) is 16.4. The maximum absolute atomic E-state index is 12.5. The minimum absolute atomic E-state index is 0.249. The largest absolute Gasteiger partial charge is 0.293 e. The molecule has 1 aliphatic heterocycles. The molecule has 1 fully saturated rings. The smallest absolute Gasteiger partial charge is 0.268 e. The van der Waals surface area contributed by atoms with Gasteiger partial charge >= 0.3 is 0 Å². The SMILES string of the molecule is O=C1S/C(=C/c2cccc(Cl)c2)C(=O)N1Cc1ccccc1Br. The molecule has 0 saturated carbocycles. The summed E-state index contributed by atoms with van der Waals surface area (Å²) in [4.78, 5) is 26.3. The van der Waals surface area contributed by atoms with Crippen LogP contribution in [-0.2, 0) is 11.3 Å². The first kappa shape index (κ1) is 16.3. The van der Waals surface area contributed by atoms with E-state index >= 15 is 0 Å². The molecule has 23 heavy (non-hydrogen) atoms. The van der Waals surface area contributed by atoms with E-state index in [1.807, 2.05) is 30.3 Å². The quantitative estimate of drug-likeness (QED) is 0.643. The number of carbonyl (C=O) groups is 2. The van der Waals surface area contributed by atoms with Crippen LogP contribution in [0.3, 0.4) is 0 Å². The highest BCUT2D eigenvalue weighted by molar-refractivity contribution is 9.10. The predicted molar refractivity (Wildman–Crippen MR) is 97.1 cm³/mol. The van der Waals surface area contributed by atoms with Gasteiger partial charge in [-0.3, -0.25) is 14.5 Å². The molecule has 0 bridgehead atoms. The van der Waals surface area contributed by atoms with E-state index in [1.54, 1.807) is 24.3 Å². The molecule has 0 aliphatic carbocycles. The minimum Gasteiger partial charge on any atom is -0.268 e. The number of halogens is 2. The Labute approximate surface area is 151 Å². The lowest BCUT2D eigenvalue weighted by molar-refractivity contribution is -0.123. The van der Waals surface area contributed by atoms with Gasteiger partial charge in [-0.15, -0.1) is 0 Å². The Morgan fingerprint density at radius 3 is 2.65 bits per heavy atom. The number of imide groups is 1. The van der Waals surface area contributed by atoms with Crippen molar-refractivity contribution in [2.75, 3.05) is 0 Å². The molecule has 1 heterocycles. The van der Waals surface area contributed by atoms with Gasteiger partial charge in [0, 0.05) is 9.50 Å². The Kier molecular flexibility index (Phi) is 4.90. The summed E-state index contributed by atoms with van der Waals surface area (Å²) < 4.78 is 0.873. The highest BCUT2D eigenvalue weighted by Crippen LogP contribution is 2.34. The van der Waals surface area contributed by atoms with Crippen LogP contribution >= 0.6 is 39.3 Å². The topological polar surface area (TPSA) is 37.4 Å². The Bertz CT molecular complexity index is 822. The highest BCUT2D eigenvalue weighted by Gasteiger charge is 2.35. The van der Waals surface area contributed by atoms with Crippen LogP contribution in [0.4, 0.5) is 4.79 Å². The molecule has 3 nitrogen and oxygen atoms in total. The average molecular weight is 409 g/mol. The first-order chi connectivity index (χ1) is 11.0. The lowest BCUT2D eigenvalue weighted by atomic mass is 10.2. The second kappa shape index (κ2) is 6.91.